The van der Waals surface area contributed by atoms with Crippen LogP contribution in [-0.2, 0) is 12.4 Å². The molecule has 4 nitrogen and oxygen atoms in total. The summed E-state index contributed by atoms with van der Waals surface area (Å²) >= 11 is 16.8. The predicted octanol–water partition coefficient (Wildman–Crippen LogP) is 7.61. The molecule has 0 saturated heterocycles. The number of hydrogen-bond donors (Lipinski definition) is 2. The fourth-order valence-electron chi connectivity index (χ4n) is 2.56. The van der Waals surface area contributed by atoms with Crippen molar-refractivity contribution in [2.24, 2.45) is 5.10 Å². The third kappa shape index (κ3) is 6.62. The summed E-state index contributed by atoms with van der Waals surface area (Å²) < 4.78 is 83.5. The van der Waals surface area contributed by atoms with Crippen LogP contribution in [0.25, 0.3) is 11.3 Å². The minimum absolute atomic E-state index is 0.0422. The van der Waals surface area contributed by atoms with E-state index in [-0.39, 0.29) is 28.3 Å². The molecular formula is C20H11Cl2F6N3OS. The molecule has 0 saturated carbocycles. The molecule has 0 spiro atoms. The van der Waals surface area contributed by atoms with Crippen LogP contribution in [0.5, 0.6) is 0 Å². The largest absolute Gasteiger partial charge is 0.455 e. The Morgan fingerprint density at radius 1 is 0.879 bits per heavy atom. The minimum atomic E-state index is -4.96. The number of rotatable bonds is 4. The van der Waals surface area contributed by atoms with Crippen molar-refractivity contribution in [2.75, 3.05) is 5.32 Å². The van der Waals surface area contributed by atoms with Crippen LogP contribution >= 0.6 is 35.4 Å². The van der Waals surface area contributed by atoms with Gasteiger partial charge in [0.25, 0.3) is 0 Å². The molecule has 1 heterocycles. The van der Waals surface area contributed by atoms with Gasteiger partial charge in [-0.1, -0.05) is 23.2 Å². The highest BCUT2D eigenvalue weighted by Crippen LogP contribution is 2.38. The molecule has 0 atom stereocenters. The molecule has 3 rings (SSSR count). The molecule has 33 heavy (non-hydrogen) atoms. The smallest absolute Gasteiger partial charge is 0.416 e. The highest BCUT2D eigenvalue weighted by Gasteiger charge is 2.37. The first-order valence-corrected chi connectivity index (χ1v) is 9.94. The van der Waals surface area contributed by atoms with Gasteiger partial charge in [-0.2, -0.15) is 31.4 Å². The van der Waals surface area contributed by atoms with Crippen LogP contribution in [0.3, 0.4) is 0 Å². The third-order valence-electron chi connectivity index (χ3n) is 4.03. The van der Waals surface area contributed by atoms with Crippen LogP contribution in [0, 0.1) is 0 Å². The Morgan fingerprint density at radius 3 is 2.09 bits per heavy atom. The molecule has 1 aromatic heterocycles. The molecule has 2 N–H and O–H groups in total. The van der Waals surface area contributed by atoms with Crippen molar-refractivity contribution in [3.05, 3.63) is 75.5 Å². The van der Waals surface area contributed by atoms with Crippen LogP contribution in [0.2, 0.25) is 10.0 Å². The molecule has 0 aliphatic rings. The number of benzene rings is 2. The van der Waals surface area contributed by atoms with Crippen molar-refractivity contribution >= 4 is 52.4 Å². The number of hydrogen-bond acceptors (Lipinski definition) is 3. The summed E-state index contributed by atoms with van der Waals surface area (Å²) in [6.45, 7) is 0. The van der Waals surface area contributed by atoms with Gasteiger partial charge in [-0.3, -0.25) is 5.43 Å². The number of anilines is 1. The second kappa shape index (κ2) is 9.62. The average Bonchev–Trinajstić information content (AvgIpc) is 3.18. The minimum Gasteiger partial charge on any atom is -0.455 e. The Bertz CT molecular complexity index is 1170. The lowest BCUT2D eigenvalue weighted by Crippen LogP contribution is -2.23. The molecule has 13 heteroatoms. The van der Waals surface area contributed by atoms with E-state index >= 15 is 0 Å². The van der Waals surface area contributed by atoms with Crippen LogP contribution in [0.4, 0.5) is 32.0 Å². The Kier molecular flexibility index (Phi) is 7.25. The molecule has 0 radical (unpaired) electrons. The summed E-state index contributed by atoms with van der Waals surface area (Å²) in [6, 6.07) is 8.44. The number of nitrogens with one attached hydrogen (secondary N) is 2. The second-order valence-electron chi connectivity index (χ2n) is 6.45. The molecular weight excluding hydrogens is 515 g/mol. The molecule has 0 bridgehead atoms. The van der Waals surface area contributed by atoms with Gasteiger partial charge in [0.1, 0.15) is 11.5 Å². The van der Waals surface area contributed by atoms with Gasteiger partial charge in [0.2, 0.25) is 0 Å². The van der Waals surface area contributed by atoms with Crippen LogP contribution in [-0.4, -0.2) is 11.3 Å². The molecule has 2 aromatic carbocycles. The van der Waals surface area contributed by atoms with Crippen LogP contribution < -0.4 is 10.7 Å². The molecule has 0 fully saturated rings. The van der Waals surface area contributed by atoms with Gasteiger partial charge in [-0.15, -0.1) is 0 Å². The Balaban J connectivity index is 1.73. The lowest BCUT2D eigenvalue weighted by molar-refractivity contribution is -0.143. The van der Waals surface area contributed by atoms with Gasteiger partial charge in [0.15, 0.2) is 5.11 Å². The van der Waals surface area contributed by atoms with Crippen molar-refractivity contribution in [3.63, 3.8) is 0 Å². The van der Waals surface area contributed by atoms with Crippen LogP contribution in [0.15, 0.2) is 58.0 Å². The summed E-state index contributed by atoms with van der Waals surface area (Å²) in [7, 11) is 0. The van der Waals surface area contributed by atoms with Crippen LogP contribution in [0.1, 0.15) is 16.9 Å². The van der Waals surface area contributed by atoms with E-state index in [1.807, 2.05) is 0 Å². The summed E-state index contributed by atoms with van der Waals surface area (Å²) in [6.07, 6.45) is -8.79. The number of hydrazone groups is 1. The van der Waals surface area contributed by atoms with E-state index in [1.54, 1.807) is 12.1 Å². The number of alkyl halides is 6. The standard InChI is InChI=1S/C20H11Cl2F6N3OS/c21-15-3-1-13(8-16(15)22)30-18(33)31-29-9-14-2-4-17(32-14)10-5-11(19(23,24)25)7-12(6-10)20(26,27)28/h1-9H,(H2,30,31,33). The highest BCUT2D eigenvalue weighted by atomic mass is 35.5. The topological polar surface area (TPSA) is 49.6 Å². The first kappa shape index (κ1) is 24.9. The van der Waals surface area contributed by atoms with Gasteiger partial charge in [0.05, 0.1) is 27.4 Å². The number of furan rings is 1. The predicted molar refractivity (Wildman–Crippen MR) is 118 cm³/mol. The van der Waals surface area contributed by atoms with Crippen molar-refractivity contribution in [3.8, 4) is 11.3 Å². The molecule has 0 aliphatic heterocycles. The summed E-state index contributed by atoms with van der Waals surface area (Å²) in [5.74, 6) is -0.148. The normalized spacial score (nSPS) is 12.2. The van der Waals surface area contributed by atoms with Crippen molar-refractivity contribution in [1.29, 1.82) is 0 Å². The Morgan fingerprint density at radius 2 is 1.52 bits per heavy atom. The van der Waals surface area contributed by atoms with Crippen molar-refractivity contribution in [2.45, 2.75) is 12.4 Å². The van der Waals surface area contributed by atoms with Gasteiger partial charge in [-0.25, -0.2) is 0 Å². The molecule has 3 aromatic rings. The zero-order valence-corrected chi connectivity index (χ0v) is 18.3. The number of halogens is 8. The zero-order chi connectivity index (χ0) is 24.4. The van der Waals surface area contributed by atoms with E-state index < -0.39 is 23.5 Å². The summed E-state index contributed by atoms with van der Waals surface area (Å²) in [5, 5.41) is 7.33. The van der Waals surface area contributed by atoms with Crippen molar-refractivity contribution in [1.82, 2.24) is 5.43 Å². The molecule has 0 amide bonds. The molecule has 0 aliphatic carbocycles. The Hall–Kier alpha value is -2.76. The third-order valence-corrected chi connectivity index (χ3v) is 4.97. The lowest BCUT2D eigenvalue weighted by Gasteiger charge is -2.13. The van der Waals surface area contributed by atoms with Gasteiger partial charge in [-0.05, 0) is 60.7 Å². The molecule has 174 valence electrons. The number of nitrogens with zero attached hydrogens (tertiary/aromatic N) is 1. The Labute approximate surface area is 198 Å². The van der Waals surface area contributed by atoms with E-state index in [0.29, 0.717) is 27.9 Å². The lowest BCUT2D eigenvalue weighted by atomic mass is 10.0. The molecule has 0 unspecified atom stereocenters. The SMILES string of the molecule is FC(F)(F)c1cc(-c2ccc(C=NNC(=S)Nc3ccc(Cl)c(Cl)c3)o2)cc(C(F)(F)F)c1. The summed E-state index contributed by atoms with van der Waals surface area (Å²) in [4.78, 5) is 0. The monoisotopic (exact) mass is 525 g/mol. The van der Waals surface area contributed by atoms with Gasteiger partial charge < -0.3 is 9.73 Å². The van der Waals surface area contributed by atoms with E-state index in [2.05, 4.69) is 15.8 Å². The fraction of sp³-hybridized carbons (Fsp3) is 0.100. The maximum absolute atomic E-state index is 13.0. The van der Waals surface area contributed by atoms with Crippen molar-refractivity contribution < 1.29 is 30.8 Å². The quantitative estimate of drug-likeness (QED) is 0.159. The average molecular weight is 526 g/mol. The van der Waals surface area contributed by atoms with E-state index in [4.69, 9.17) is 39.8 Å². The maximum atomic E-state index is 13.0. The fourth-order valence-corrected chi connectivity index (χ4v) is 3.03. The summed E-state index contributed by atoms with van der Waals surface area (Å²) in [5.41, 5.74) is -0.271. The number of thiocarbonyl (C=S) groups is 1. The maximum Gasteiger partial charge on any atom is 0.416 e. The van der Waals surface area contributed by atoms with E-state index in [0.717, 1.165) is 6.21 Å². The zero-order valence-electron chi connectivity index (χ0n) is 16.0. The first-order chi connectivity index (χ1) is 15.3. The van der Waals surface area contributed by atoms with E-state index in [9.17, 15) is 26.3 Å². The van der Waals surface area contributed by atoms with Gasteiger partial charge >= 0.3 is 12.4 Å². The highest BCUT2D eigenvalue weighted by molar-refractivity contribution is 7.80. The second-order valence-corrected chi connectivity index (χ2v) is 7.67. The van der Waals surface area contributed by atoms with Gasteiger partial charge in [0, 0.05) is 11.3 Å². The van der Waals surface area contributed by atoms with E-state index in [1.165, 1.54) is 18.2 Å². The first-order valence-electron chi connectivity index (χ1n) is 8.78.